The molecule has 0 bridgehead atoms. The predicted octanol–water partition coefficient (Wildman–Crippen LogP) is 8.48. The monoisotopic (exact) mass is 707 g/mol. The van der Waals surface area contributed by atoms with Gasteiger partial charge in [0, 0.05) is 32.0 Å². The van der Waals surface area contributed by atoms with Gasteiger partial charge < -0.3 is 28.4 Å². The first kappa shape index (κ1) is 44.0. The van der Waals surface area contributed by atoms with Gasteiger partial charge in [-0.1, -0.05) is 110 Å². The molecule has 50 heavy (non-hydrogen) atoms. The van der Waals surface area contributed by atoms with Gasteiger partial charge in [0.05, 0.1) is 13.2 Å². The van der Waals surface area contributed by atoms with Crippen molar-refractivity contribution in [2.75, 3.05) is 80.0 Å². The predicted molar refractivity (Wildman–Crippen MR) is 202 cm³/mol. The van der Waals surface area contributed by atoms with E-state index in [1.807, 2.05) is 11.0 Å². The van der Waals surface area contributed by atoms with Gasteiger partial charge in [0.2, 0.25) is 12.1 Å². The number of unbranched alkanes of at least 4 members (excludes halogenated alkanes) is 6. The third-order valence-electron chi connectivity index (χ3n) is 8.45. The maximum atomic E-state index is 6.54. The van der Waals surface area contributed by atoms with Crippen molar-refractivity contribution >= 4 is 11.9 Å². The van der Waals surface area contributed by atoms with E-state index in [0.29, 0.717) is 86.0 Å². The quantitative estimate of drug-likeness (QED) is 0.0432. The molecule has 0 saturated carbocycles. The van der Waals surface area contributed by atoms with Gasteiger partial charge in [-0.15, -0.1) is 4.99 Å². The van der Waals surface area contributed by atoms with E-state index in [9.17, 15) is 0 Å². The maximum absolute atomic E-state index is 6.54. The second kappa shape index (κ2) is 28.5. The summed E-state index contributed by atoms with van der Waals surface area (Å²) in [6.45, 7) is 18.9. The largest absolute Gasteiger partial charge is 0.361 e. The number of ether oxygens (including phenoxy) is 6. The van der Waals surface area contributed by atoms with Crippen LogP contribution in [0.5, 0.6) is 0 Å². The van der Waals surface area contributed by atoms with Crippen LogP contribution >= 0.6 is 0 Å². The molecule has 11 heteroatoms. The summed E-state index contributed by atoms with van der Waals surface area (Å²) in [5.74, 6) is 1.31. The van der Waals surface area contributed by atoms with Crippen molar-refractivity contribution in [1.82, 2.24) is 9.80 Å². The van der Waals surface area contributed by atoms with Gasteiger partial charge >= 0.3 is 5.96 Å². The lowest BCUT2D eigenvalue weighted by Gasteiger charge is -2.46. The number of guanidine groups is 2. The Kier molecular flexibility index (Phi) is 25.1. The maximum Gasteiger partial charge on any atom is 0.317 e. The van der Waals surface area contributed by atoms with Crippen LogP contribution in [0.15, 0.2) is 40.3 Å². The Morgan fingerprint density at radius 3 is 1.30 bits per heavy atom. The van der Waals surface area contributed by atoms with Crippen molar-refractivity contribution in [2.45, 2.75) is 125 Å². The highest BCUT2D eigenvalue weighted by Gasteiger charge is 2.50. The zero-order valence-corrected chi connectivity index (χ0v) is 32.6. The first-order valence-corrected chi connectivity index (χ1v) is 19.7. The average molecular weight is 707 g/mol. The van der Waals surface area contributed by atoms with Crippen molar-refractivity contribution < 1.29 is 32.9 Å². The van der Waals surface area contributed by atoms with E-state index < -0.39 is 6.17 Å². The van der Waals surface area contributed by atoms with E-state index in [1.54, 1.807) is 0 Å². The topological polar surface area (TPSA) is 86.6 Å². The van der Waals surface area contributed by atoms with Crippen LogP contribution in [0.25, 0.3) is 0 Å². The number of hydrogen-bond donors (Lipinski definition) is 0. The van der Waals surface area contributed by atoms with Crippen LogP contribution in [0.3, 0.4) is 0 Å². The standard InChI is InChI=1S/C39H72N5O6/c1-7-13-24-45-30-42(31-46-25-14-8-2)38-40-37(36-22-20-19-21-23-36)44(34-49-28-17-11-5,35-50-29-18-12-6)39(41-38)43(32-47-26-15-9-3)33-48-27-16-10-4/h19-23,37H,7-18,24-35H2,1-6H3/q+1. The van der Waals surface area contributed by atoms with Gasteiger partial charge in [-0.2, -0.15) is 9.48 Å². The molecule has 0 spiro atoms. The fourth-order valence-corrected chi connectivity index (χ4v) is 5.27. The van der Waals surface area contributed by atoms with Gasteiger partial charge in [0.15, 0.2) is 13.5 Å². The molecule has 11 nitrogen and oxygen atoms in total. The minimum atomic E-state index is -0.412. The van der Waals surface area contributed by atoms with Crippen molar-refractivity contribution in [3.8, 4) is 0 Å². The van der Waals surface area contributed by atoms with E-state index in [1.165, 1.54) is 0 Å². The van der Waals surface area contributed by atoms with Crippen LogP contribution in [-0.2, 0) is 28.4 Å². The summed E-state index contributed by atoms with van der Waals surface area (Å²) in [5.41, 5.74) is 1.05. The lowest BCUT2D eigenvalue weighted by atomic mass is 10.1. The summed E-state index contributed by atoms with van der Waals surface area (Å²) in [6.07, 6.45) is 11.8. The normalized spacial score (nSPS) is 15.6. The highest BCUT2D eigenvalue weighted by atomic mass is 16.5. The summed E-state index contributed by atoms with van der Waals surface area (Å²) in [7, 11) is 0. The third-order valence-corrected chi connectivity index (χ3v) is 8.45. The Labute approximate surface area is 304 Å². The molecule has 0 radical (unpaired) electrons. The molecule has 0 N–H and O–H groups in total. The molecule has 288 valence electrons. The average Bonchev–Trinajstić information content (AvgIpc) is 3.14. The van der Waals surface area contributed by atoms with Crippen LogP contribution < -0.4 is 0 Å². The van der Waals surface area contributed by atoms with Crippen LogP contribution in [0.1, 0.15) is 130 Å². The first-order valence-electron chi connectivity index (χ1n) is 19.7. The minimum absolute atomic E-state index is 0.219. The van der Waals surface area contributed by atoms with Crippen LogP contribution in [-0.4, -0.2) is 106 Å². The fraction of sp³-hybridized carbons (Fsp3) is 0.795. The fourth-order valence-electron chi connectivity index (χ4n) is 5.27. The molecule has 1 atom stereocenters. The van der Waals surface area contributed by atoms with Crippen molar-refractivity contribution in [2.24, 2.45) is 9.98 Å². The molecule has 0 saturated heterocycles. The first-order chi connectivity index (χ1) is 24.6. The number of aliphatic imine (C=N–C) groups is 2. The van der Waals surface area contributed by atoms with Gasteiger partial charge in [0.25, 0.3) is 0 Å². The van der Waals surface area contributed by atoms with Crippen LogP contribution in [0.2, 0.25) is 0 Å². The highest BCUT2D eigenvalue weighted by molar-refractivity contribution is 5.93. The molecule has 1 aromatic rings. The summed E-state index contributed by atoms with van der Waals surface area (Å²) in [6, 6.07) is 10.5. The second-order valence-electron chi connectivity index (χ2n) is 13.1. The second-order valence-corrected chi connectivity index (χ2v) is 13.1. The lowest BCUT2D eigenvalue weighted by molar-refractivity contribution is -0.917. The lowest BCUT2D eigenvalue weighted by Crippen LogP contribution is -2.65. The van der Waals surface area contributed by atoms with E-state index in [-0.39, 0.29) is 4.48 Å². The molecule has 1 aliphatic rings. The molecular weight excluding hydrogens is 634 g/mol. The third kappa shape index (κ3) is 16.0. The highest BCUT2D eigenvalue weighted by Crippen LogP contribution is 2.36. The molecule has 1 aliphatic heterocycles. The van der Waals surface area contributed by atoms with Crippen molar-refractivity contribution in [3.05, 3.63) is 35.9 Å². The molecule has 0 amide bonds. The van der Waals surface area contributed by atoms with Gasteiger partial charge in [-0.05, 0) is 38.5 Å². The molecule has 1 aromatic carbocycles. The van der Waals surface area contributed by atoms with Crippen molar-refractivity contribution in [1.29, 1.82) is 0 Å². The minimum Gasteiger partial charge on any atom is -0.361 e. The van der Waals surface area contributed by atoms with E-state index in [2.05, 4.69) is 70.7 Å². The molecule has 1 unspecified atom stereocenters. The Morgan fingerprint density at radius 1 is 0.520 bits per heavy atom. The zero-order valence-electron chi connectivity index (χ0n) is 32.6. The molecule has 1 heterocycles. The van der Waals surface area contributed by atoms with Gasteiger partial charge in [-0.25, -0.2) is 0 Å². The summed E-state index contributed by atoms with van der Waals surface area (Å²) >= 11 is 0. The van der Waals surface area contributed by atoms with Crippen LogP contribution in [0, 0.1) is 0 Å². The number of benzene rings is 1. The SMILES string of the molecule is CCCCOCN(COCCCC)C1=NC(c2ccccc2)[N+](COCCCC)(COCCCC)C(N(COCCCC)COCCCC)=N1. The number of hydrogen-bond acceptors (Lipinski definition) is 10. The number of rotatable bonds is 31. The van der Waals surface area contributed by atoms with Gasteiger partial charge in [0.1, 0.15) is 26.9 Å². The summed E-state index contributed by atoms with van der Waals surface area (Å²) < 4.78 is 38.3. The Hall–Kier alpha value is -2.12. The number of nitrogens with zero attached hydrogens (tertiary/aromatic N) is 5. The summed E-state index contributed by atoms with van der Waals surface area (Å²) in [4.78, 5) is 15.0. The number of quaternary nitrogens is 1. The smallest absolute Gasteiger partial charge is 0.317 e. The van der Waals surface area contributed by atoms with E-state index in [0.717, 1.165) is 88.6 Å². The van der Waals surface area contributed by atoms with Gasteiger partial charge in [-0.3, -0.25) is 9.80 Å². The van der Waals surface area contributed by atoms with E-state index >= 15 is 0 Å². The summed E-state index contributed by atoms with van der Waals surface area (Å²) in [5, 5.41) is 0. The molecule has 0 aliphatic carbocycles. The Bertz CT molecular complexity index is 978. The van der Waals surface area contributed by atoms with Crippen molar-refractivity contribution in [3.63, 3.8) is 0 Å². The van der Waals surface area contributed by atoms with E-state index in [4.69, 9.17) is 38.4 Å². The molecule has 0 aromatic heterocycles. The Morgan fingerprint density at radius 2 is 0.900 bits per heavy atom. The zero-order chi connectivity index (χ0) is 36.1. The molecule has 0 fully saturated rings. The molecular formula is C39H72N5O6+. The van der Waals surface area contributed by atoms with Crippen LogP contribution in [0.4, 0.5) is 0 Å². The molecule has 2 rings (SSSR count). The Balaban J connectivity index is 2.77.